The first-order valence-electron chi connectivity index (χ1n) is 8.52. The van der Waals surface area contributed by atoms with Gasteiger partial charge in [-0.15, -0.1) is 0 Å². The Kier molecular flexibility index (Phi) is 4.16. The largest absolute Gasteiger partial charge is 0.487 e. The minimum Gasteiger partial charge on any atom is -0.487 e. The Balaban J connectivity index is 1.31. The van der Waals surface area contributed by atoms with Crippen LogP contribution in [-0.4, -0.2) is 49.9 Å². The van der Waals surface area contributed by atoms with Crippen molar-refractivity contribution >= 4 is 5.91 Å². The zero-order chi connectivity index (χ0) is 18.1. The van der Waals surface area contributed by atoms with Crippen molar-refractivity contribution in [1.29, 1.82) is 0 Å². The van der Waals surface area contributed by atoms with Crippen molar-refractivity contribution in [3.8, 4) is 17.2 Å². The summed E-state index contributed by atoms with van der Waals surface area (Å²) in [5, 5.41) is 8.03. The van der Waals surface area contributed by atoms with E-state index in [0.29, 0.717) is 30.5 Å². The summed E-state index contributed by atoms with van der Waals surface area (Å²) in [6.45, 7) is 5.63. The van der Waals surface area contributed by atoms with Crippen LogP contribution in [0.1, 0.15) is 23.2 Å². The van der Waals surface area contributed by atoms with Crippen LogP contribution in [0, 0.1) is 6.92 Å². The van der Waals surface area contributed by atoms with Gasteiger partial charge in [0.25, 0.3) is 11.8 Å². The number of nitrogens with zero attached hydrogens (tertiary/aromatic N) is 5. The van der Waals surface area contributed by atoms with E-state index in [0.717, 1.165) is 17.9 Å². The van der Waals surface area contributed by atoms with Crippen LogP contribution in [0.15, 0.2) is 41.1 Å². The van der Waals surface area contributed by atoms with Crippen LogP contribution in [0.2, 0.25) is 0 Å². The Morgan fingerprint density at radius 3 is 2.65 bits per heavy atom. The highest BCUT2D eigenvalue weighted by Crippen LogP contribution is 2.23. The van der Waals surface area contributed by atoms with Crippen molar-refractivity contribution < 1.29 is 14.1 Å². The number of carbonyl (C=O) groups is 1. The van der Waals surface area contributed by atoms with E-state index < -0.39 is 0 Å². The van der Waals surface area contributed by atoms with Gasteiger partial charge >= 0.3 is 0 Å². The van der Waals surface area contributed by atoms with Crippen LogP contribution < -0.4 is 4.74 Å². The minimum atomic E-state index is -0.0563. The molecule has 8 nitrogen and oxygen atoms in total. The Hall–Kier alpha value is -3.16. The maximum absolute atomic E-state index is 12.3. The third-order valence-electron chi connectivity index (χ3n) is 4.25. The van der Waals surface area contributed by atoms with Crippen molar-refractivity contribution in [2.45, 2.75) is 26.5 Å². The molecule has 26 heavy (non-hydrogen) atoms. The van der Waals surface area contributed by atoms with Crippen LogP contribution in [0.5, 0.6) is 5.75 Å². The summed E-state index contributed by atoms with van der Waals surface area (Å²) in [5.41, 5.74) is 1.32. The van der Waals surface area contributed by atoms with E-state index in [4.69, 9.17) is 9.26 Å². The molecule has 0 aliphatic carbocycles. The fourth-order valence-electron chi connectivity index (χ4n) is 2.78. The number of ether oxygens (including phenoxy) is 1. The number of carbonyl (C=O) groups excluding carboxylic acids is 1. The Labute approximate surface area is 150 Å². The highest BCUT2D eigenvalue weighted by molar-refractivity contribution is 5.92. The van der Waals surface area contributed by atoms with E-state index in [9.17, 15) is 4.79 Å². The van der Waals surface area contributed by atoms with Gasteiger partial charge in [-0.2, -0.15) is 10.1 Å². The topological polar surface area (TPSA) is 86.3 Å². The number of benzene rings is 1. The van der Waals surface area contributed by atoms with Gasteiger partial charge in [-0.25, -0.2) is 0 Å². The van der Waals surface area contributed by atoms with Gasteiger partial charge in [-0.1, -0.05) is 5.16 Å². The summed E-state index contributed by atoms with van der Waals surface area (Å²) in [6.07, 6.45) is 1.80. The lowest BCUT2D eigenvalue weighted by atomic mass is 10.1. The van der Waals surface area contributed by atoms with Crippen LogP contribution >= 0.6 is 0 Å². The van der Waals surface area contributed by atoms with Gasteiger partial charge in [-0.3, -0.25) is 9.48 Å². The highest BCUT2D eigenvalue weighted by atomic mass is 16.5. The molecule has 2 aromatic heterocycles. The summed E-state index contributed by atoms with van der Waals surface area (Å²) < 4.78 is 12.8. The number of hydrogen-bond donors (Lipinski definition) is 0. The number of aryl methyl sites for hydroxylation is 2. The minimum absolute atomic E-state index is 0.0105. The SMILES string of the molecule is CCn1ccc(C(=O)N2CC(Oc3ccc(-c4nc(C)no4)cc3)C2)n1. The fraction of sp³-hybridized carbons (Fsp3) is 0.333. The summed E-state index contributed by atoms with van der Waals surface area (Å²) in [4.78, 5) is 18.3. The Morgan fingerprint density at radius 1 is 1.27 bits per heavy atom. The lowest BCUT2D eigenvalue weighted by Crippen LogP contribution is -2.56. The van der Waals surface area contributed by atoms with E-state index in [2.05, 4.69) is 15.2 Å². The van der Waals surface area contributed by atoms with Gasteiger partial charge < -0.3 is 14.2 Å². The Bertz CT molecular complexity index is 909. The first-order valence-corrected chi connectivity index (χ1v) is 8.52. The Morgan fingerprint density at radius 2 is 2.04 bits per heavy atom. The maximum Gasteiger partial charge on any atom is 0.274 e. The van der Waals surface area contributed by atoms with Crippen LogP contribution in [0.25, 0.3) is 11.5 Å². The van der Waals surface area contributed by atoms with E-state index in [1.807, 2.05) is 37.4 Å². The fourth-order valence-corrected chi connectivity index (χ4v) is 2.78. The molecule has 1 aromatic carbocycles. The molecule has 1 saturated heterocycles. The second-order valence-electron chi connectivity index (χ2n) is 6.18. The molecule has 0 N–H and O–H groups in total. The van der Waals surface area contributed by atoms with Crippen molar-refractivity contribution in [2.24, 2.45) is 0 Å². The number of hydrogen-bond acceptors (Lipinski definition) is 6. The molecule has 1 fully saturated rings. The molecule has 1 aliphatic rings. The molecule has 0 saturated carbocycles. The molecule has 0 radical (unpaired) electrons. The van der Waals surface area contributed by atoms with Gasteiger partial charge in [0, 0.05) is 18.3 Å². The zero-order valence-electron chi connectivity index (χ0n) is 14.6. The van der Waals surface area contributed by atoms with E-state index >= 15 is 0 Å². The summed E-state index contributed by atoms with van der Waals surface area (Å²) >= 11 is 0. The lowest BCUT2D eigenvalue weighted by molar-refractivity contribution is 0.0173. The molecule has 0 unspecified atom stereocenters. The molecule has 1 aliphatic heterocycles. The molecule has 1 amide bonds. The van der Waals surface area contributed by atoms with Crippen LogP contribution in [0.3, 0.4) is 0 Å². The van der Waals surface area contributed by atoms with E-state index in [1.165, 1.54) is 0 Å². The summed E-state index contributed by atoms with van der Waals surface area (Å²) in [7, 11) is 0. The predicted octanol–water partition coefficient (Wildman–Crippen LogP) is 2.16. The average Bonchev–Trinajstić information content (AvgIpc) is 3.26. The molecule has 134 valence electrons. The van der Waals surface area contributed by atoms with E-state index in [1.54, 1.807) is 22.6 Å². The standard InChI is InChI=1S/C18H19N5O3/c1-3-23-9-8-16(20-23)18(24)22-10-15(11-22)25-14-6-4-13(5-7-14)17-19-12(2)21-26-17/h4-9,15H,3,10-11H2,1-2H3. The number of aromatic nitrogens is 4. The van der Waals surface area contributed by atoms with Gasteiger partial charge in [0.2, 0.25) is 0 Å². The molecule has 0 spiro atoms. The quantitative estimate of drug-likeness (QED) is 0.699. The number of likely N-dealkylation sites (tertiary alicyclic amines) is 1. The van der Waals surface area contributed by atoms with Gasteiger partial charge in [0.1, 0.15) is 17.5 Å². The van der Waals surface area contributed by atoms with Crippen LogP contribution in [-0.2, 0) is 6.54 Å². The average molecular weight is 353 g/mol. The second kappa shape index (κ2) is 6.62. The van der Waals surface area contributed by atoms with Crippen molar-refractivity contribution in [3.63, 3.8) is 0 Å². The molecule has 4 rings (SSSR count). The maximum atomic E-state index is 12.3. The van der Waals surface area contributed by atoms with E-state index in [-0.39, 0.29) is 12.0 Å². The van der Waals surface area contributed by atoms with Crippen molar-refractivity contribution in [3.05, 3.63) is 48.0 Å². The molecular formula is C18H19N5O3. The molecule has 3 aromatic rings. The molecule has 0 bridgehead atoms. The highest BCUT2D eigenvalue weighted by Gasteiger charge is 2.33. The predicted molar refractivity (Wildman–Crippen MR) is 92.7 cm³/mol. The normalized spacial score (nSPS) is 14.3. The first kappa shape index (κ1) is 16.3. The second-order valence-corrected chi connectivity index (χ2v) is 6.18. The molecule has 3 heterocycles. The van der Waals surface area contributed by atoms with Crippen molar-refractivity contribution in [1.82, 2.24) is 24.8 Å². The third kappa shape index (κ3) is 3.17. The third-order valence-corrected chi connectivity index (χ3v) is 4.25. The lowest BCUT2D eigenvalue weighted by Gasteiger charge is -2.38. The van der Waals surface area contributed by atoms with Gasteiger partial charge in [0.15, 0.2) is 5.82 Å². The molecular weight excluding hydrogens is 334 g/mol. The van der Waals surface area contributed by atoms with Crippen LogP contribution in [0.4, 0.5) is 0 Å². The zero-order valence-corrected chi connectivity index (χ0v) is 14.6. The van der Waals surface area contributed by atoms with Crippen molar-refractivity contribution in [2.75, 3.05) is 13.1 Å². The number of amides is 1. The number of rotatable bonds is 5. The van der Waals surface area contributed by atoms with Gasteiger partial charge in [0.05, 0.1) is 13.1 Å². The summed E-state index contributed by atoms with van der Waals surface area (Å²) in [6, 6.07) is 9.23. The molecule has 8 heteroatoms. The van der Waals surface area contributed by atoms with Gasteiger partial charge in [-0.05, 0) is 44.2 Å². The smallest absolute Gasteiger partial charge is 0.274 e. The first-order chi connectivity index (χ1) is 12.6. The summed E-state index contributed by atoms with van der Waals surface area (Å²) in [5.74, 6) is 1.78. The monoisotopic (exact) mass is 353 g/mol. The molecule has 0 atom stereocenters.